The van der Waals surface area contributed by atoms with Crippen molar-refractivity contribution in [3.63, 3.8) is 0 Å². The van der Waals surface area contributed by atoms with E-state index < -0.39 is 29.0 Å². The summed E-state index contributed by atoms with van der Waals surface area (Å²) in [5.41, 5.74) is -0.105. The molecule has 3 aromatic carbocycles. The lowest BCUT2D eigenvalue weighted by molar-refractivity contribution is -0.143. The number of nitrogens with zero attached hydrogens (tertiary/aromatic N) is 3. The van der Waals surface area contributed by atoms with E-state index in [0.29, 0.717) is 23.3 Å². The molecule has 0 aliphatic carbocycles. The van der Waals surface area contributed by atoms with Crippen molar-refractivity contribution in [2.45, 2.75) is 12.4 Å². The Morgan fingerprint density at radius 3 is 2.00 bits per heavy atom. The average molecular weight is 527 g/mol. The second-order valence-electron chi connectivity index (χ2n) is 7.90. The van der Waals surface area contributed by atoms with Gasteiger partial charge in [0, 0.05) is 5.56 Å². The molecule has 1 aromatic heterocycles. The van der Waals surface area contributed by atoms with Gasteiger partial charge in [0.15, 0.2) is 0 Å². The first-order chi connectivity index (χ1) is 18.0. The van der Waals surface area contributed by atoms with Crippen molar-refractivity contribution in [2.24, 2.45) is 5.10 Å². The molecule has 192 valence electrons. The van der Waals surface area contributed by atoms with Gasteiger partial charge in [0.25, 0.3) is 5.56 Å². The molecule has 0 saturated carbocycles. The van der Waals surface area contributed by atoms with E-state index in [1.54, 1.807) is 30.3 Å². The van der Waals surface area contributed by atoms with Gasteiger partial charge >= 0.3 is 12.4 Å². The molecule has 4 aromatic rings. The van der Waals surface area contributed by atoms with Crippen molar-refractivity contribution >= 4 is 12.2 Å². The molecular formula is C26H15F6N5O. The molecule has 4 rings (SSSR count). The number of H-pyrrole nitrogens is 1. The van der Waals surface area contributed by atoms with Gasteiger partial charge < -0.3 is 0 Å². The van der Waals surface area contributed by atoms with Gasteiger partial charge in [-0.05, 0) is 34.9 Å². The average Bonchev–Trinajstić information content (AvgIpc) is 2.88. The third kappa shape index (κ3) is 5.89. The molecule has 0 bridgehead atoms. The predicted octanol–water partition coefficient (Wildman–Crippen LogP) is 6.46. The van der Waals surface area contributed by atoms with Crippen LogP contribution in [-0.4, -0.2) is 16.2 Å². The van der Waals surface area contributed by atoms with Crippen LogP contribution < -0.4 is 11.0 Å². The quantitative estimate of drug-likeness (QED) is 0.177. The van der Waals surface area contributed by atoms with E-state index in [1.165, 1.54) is 30.5 Å². The number of halogens is 6. The highest BCUT2D eigenvalue weighted by atomic mass is 19.4. The summed E-state index contributed by atoms with van der Waals surface area (Å²) >= 11 is 0. The van der Waals surface area contributed by atoms with Gasteiger partial charge in [-0.2, -0.15) is 36.7 Å². The zero-order chi connectivity index (χ0) is 27.5. The fourth-order valence-corrected chi connectivity index (χ4v) is 3.49. The first-order valence-corrected chi connectivity index (χ1v) is 10.7. The van der Waals surface area contributed by atoms with Gasteiger partial charge in [-0.3, -0.25) is 9.78 Å². The lowest BCUT2D eigenvalue weighted by Gasteiger charge is -2.14. The Morgan fingerprint density at radius 1 is 0.842 bits per heavy atom. The topological polar surface area (TPSA) is 93.9 Å². The van der Waals surface area contributed by atoms with Crippen LogP contribution in [0.15, 0.2) is 82.7 Å². The maximum Gasteiger partial charge on any atom is 0.416 e. The SMILES string of the molecule is N#Cc1c(-c2ccccc2)nc(NN=Cc2ccc(-c3cc(C(F)(F)F)cc(C(F)(F)F)c3)cc2)[nH]c1=O. The summed E-state index contributed by atoms with van der Waals surface area (Å²) in [6.45, 7) is 0. The molecule has 0 spiro atoms. The second-order valence-corrected chi connectivity index (χ2v) is 7.90. The second kappa shape index (κ2) is 10.2. The molecule has 2 N–H and O–H groups in total. The van der Waals surface area contributed by atoms with Crippen LogP contribution >= 0.6 is 0 Å². The third-order valence-electron chi connectivity index (χ3n) is 5.29. The first-order valence-electron chi connectivity index (χ1n) is 10.7. The molecular weight excluding hydrogens is 512 g/mol. The van der Waals surface area contributed by atoms with E-state index in [9.17, 15) is 36.4 Å². The van der Waals surface area contributed by atoms with E-state index in [0.717, 1.165) is 0 Å². The Hall–Kier alpha value is -4.92. The third-order valence-corrected chi connectivity index (χ3v) is 5.29. The number of hydrogen-bond acceptors (Lipinski definition) is 5. The molecule has 0 atom stereocenters. The number of rotatable bonds is 5. The molecule has 0 aliphatic heterocycles. The summed E-state index contributed by atoms with van der Waals surface area (Å²) in [6, 6.07) is 17.3. The standard InChI is InChI=1S/C26H15F6N5O/c27-25(28,29)19-10-18(11-20(12-19)26(30,31)32)16-8-6-15(7-9-16)14-34-37-24-35-22(17-4-2-1-3-5-17)21(13-33)23(38)36-24/h1-12,14H,(H2,35,36,37,38). The van der Waals surface area contributed by atoms with E-state index in [2.05, 4.69) is 20.5 Å². The summed E-state index contributed by atoms with van der Waals surface area (Å²) in [6.07, 6.45) is -8.60. The van der Waals surface area contributed by atoms with Crippen LogP contribution in [0.2, 0.25) is 0 Å². The molecule has 6 nitrogen and oxygen atoms in total. The van der Waals surface area contributed by atoms with Crippen LogP contribution in [0, 0.1) is 11.3 Å². The van der Waals surface area contributed by atoms with Crippen molar-refractivity contribution in [1.82, 2.24) is 9.97 Å². The van der Waals surface area contributed by atoms with Crippen molar-refractivity contribution in [2.75, 3.05) is 5.43 Å². The zero-order valence-corrected chi connectivity index (χ0v) is 19.0. The molecule has 12 heteroatoms. The van der Waals surface area contributed by atoms with Crippen molar-refractivity contribution in [3.8, 4) is 28.5 Å². The Morgan fingerprint density at radius 2 is 1.45 bits per heavy atom. The molecule has 0 aliphatic rings. The van der Waals surface area contributed by atoms with E-state index in [1.807, 2.05) is 6.07 Å². The Kier molecular flexibility index (Phi) is 7.03. The highest BCUT2D eigenvalue weighted by Gasteiger charge is 2.37. The molecule has 0 radical (unpaired) electrons. The number of aromatic amines is 1. The van der Waals surface area contributed by atoms with Crippen LogP contribution in [0.4, 0.5) is 32.3 Å². The van der Waals surface area contributed by atoms with E-state index in [-0.39, 0.29) is 34.4 Å². The van der Waals surface area contributed by atoms with Gasteiger partial charge in [0.1, 0.15) is 11.6 Å². The molecule has 38 heavy (non-hydrogen) atoms. The summed E-state index contributed by atoms with van der Waals surface area (Å²) in [5.74, 6) is -0.0515. The fourth-order valence-electron chi connectivity index (χ4n) is 3.49. The maximum atomic E-state index is 13.1. The molecule has 0 amide bonds. The van der Waals surface area contributed by atoms with Crippen LogP contribution in [0.25, 0.3) is 22.4 Å². The summed E-state index contributed by atoms with van der Waals surface area (Å²) < 4.78 is 78.9. The number of anilines is 1. The Balaban J connectivity index is 1.57. The van der Waals surface area contributed by atoms with Crippen LogP contribution in [-0.2, 0) is 12.4 Å². The Bertz CT molecular complexity index is 1550. The van der Waals surface area contributed by atoms with E-state index in [4.69, 9.17) is 0 Å². The van der Waals surface area contributed by atoms with Gasteiger partial charge in [0.2, 0.25) is 5.95 Å². The van der Waals surface area contributed by atoms with Crippen LogP contribution in [0.3, 0.4) is 0 Å². The maximum absolute atomic E-state index is 13.1. The molecule has 0 saturated heterocycles. The van der Waals surface area contributed by atoms with Crippen LogP contribution in [0.5, 0.6) is 0 Å². The number of benzene rings is 3. The fraction of sp³-hybridized carbons (Fsp3) is 0.0769. The number of alkyl halides is 6. The van der Waals surface area contributed by atoms with Gasteiger partial charge in [-0.1, -0.05) is 54.6 Å². The highest BCUT2D eigenvalue weighted by molar-refractivity contribution is 5.81. The van der Waals surface area contributed by atoms with E-state index >= 15 is 0 Å². The van der Waals surface area contributed by atoms with Gasteiger partial charge in [0.05, 0.1) is 23.0 Å². The van der Waals surface area contributed by atoms with Crippen molar-refractivity contribution in [1.29, 1.82) is 5.26 Å². The smallest absolute Gasteiger partial charge is 0.290 e. The number of hydrazone groups is 1. The summed E-state index contributed by atoms with van der Waals surface area (Å²) in [7, 11) is 0. The zero-order valence-electron chi connectivity index (χ0n) is 19.0. The largest absolute Gasteiger partial charge is 0.416 e. The lowest BCUT2D eigenvalue weighted by atomic mass is 9.98. The van der Waals surface area contributed by atoms with Crippen molar-refractivity contribution < 1.29 is 26.3 Å². The highest BCUT2D eigenvalue weighted by Crippen LogP contribution is 2.38. The summed E-state index contributed by atoms with van der Waals surface area (Å²) in [5, 5.41) is 13.3. The summed E-state index contributed by atoms with van der Waals surface area (Å²) in [4.78, 5) is 18.9. The Labute approximate surface area is 210 Å². The number of aromatic nitrogens is 2. The normalized spacial score (nSPS) is 11.9. The number of nitrogens with one attached hydrogen (secondary N) is 2. The van der Waals surface area contributed by atoms with Gasteiger partial charge in [-0.25, -0.2) is 10.4 Å². The minimum Gasteiger partial charge on any atom is -0.290 e. The monoisotopic (exact) mass is 527 g/mol. The lowest BCUT2D eigenvalue weighted by Crippen LogP contribution is -2.16. The molecule has 0 fully saturated rings. The minimum atomic E-state index is -4.95. The predicted molar refractivity (Wildman–Crippen MR) is 128 cm³/mol. The van der Waals surface area contributed by atoms with Gasteiger partial charge in [-0.15, -0.1) is 0 Å². The first kappa shape index (κ1) is 26.2. The van der Waals surface area contributed by atoms with Crippen LogP contribution in [0.1, 0.15) is 22.3 Å². The minimum absolute atomic E-state index is 0.0515. The number of hydrogen-bond donors (Lipinski definition) is 2. The molecule has 0 unspecified atom stereocenters. The molecule has 1 heterocycles. The number of nitriles is 1. The van der Waals surface area contributed by atoms with Crippen molar-refractivity contribution in [3.05, 3.63) is 105 Å².